The van der Waals surface area contributed by atoms with Gasteiger partial charge in [0.25, 0.3) is 0 Å². The molecule has 2 amide bonds. The molecule has 1 aromatic heterocycles. The van der Waals surface area contributed by atoms with Gasteiger partial charge in [0.1, 0.15) is 0 Å². The lowest BCUT2D eigenvalue weighted by Crippen LogP contribution is -2.64. The van der Waals surface area contributed by atoms with E-state index in [0.717, 1.165) is 42.1 Å². The molecule has 2 saturated carbocycles. The molecule has 4 rings (SSSR count). The number of benzene rings is 1. The van der Waals surface area contributed by atoms with E-state index in [1.165, 1.54) is 13.8 Å². The summed E-state index contributed by atoms with van der Waals surface area (Å²) in [6, 6.07) is 5.76. The summed E-state index contributed by atoms with van der Waals surface area (Å²) >= 11 is 6.38. The molecule has 2 aliphatic carbocycles. The summed E-state index contributed by atoms with van der Waals surface area (Å²) in [5.74, 6) is -0.332. The first kappa shape index (κ1) is 20.9. The van der Waals surface area contributed by atoms with Gasteiger partial charge in [-0.15, -0.1) is 0 Å². The van der Waals surface area contributed by atoms with E-state index >= 15 is 0 Å². The fourth-order valence-electron chi connectivity index (χ4n) is 5.21. The van der Waals surface area contributed by atoms with Gasteiger partial charge in [-0.25, -0.2) is 0 Å². The second-order valence-corrected chi connectivity index (χ2v) is 9.33. The Morgan fingerprint density at radius 1 is 1.17 bits per heavy atom. The molecule has 6 nitrogen and oxygen atoms in total. The summed E-state index contributed by atoms with van der Waals surface area (Å²) in [4.78, 5) is 40.0. The number of aromatic amines is 1. The number of hydrogen-bond acceptors (Lipinski definition) is 3. The van der Waals surface area contributed by atoms with Crippen LogP contribution in [0.3, 0.4) is 0 Å². The maximum atomic E-state index is 13.1. The molecule has 0 unspecified atom stereocenters. The summed E-state index contributed by atoms with van der Waals surface area (Å²) < 4.78 is 0. The molecule has 0 bridgehead atoms. The summed E-state index contributed by atoms with van der Waals surface area (Å²) in [6.07, 6.45) is 7.04. The van der Waals surface area contributed by atoms with Gasteiger partial charge in [0.2, 0.25) is 11.8 Å². The average Bonchev–Trinajstić information content (AvgIpc) is 3.32. The van der Waals surface area contributed by atoms with Crippen molar-refractivity contribution < 1.29 is 14.4 Å². The lowest BCUT2D eigenvalue weighted by Gasteiger charge is -2.45. The molecule has 0 saturated heterocycles. The minimum Gasteiger partial charge on any atom is -0.361 e. The molecule has 3 N–H and O–H groups in total. The van der Waals surface area contributed by atoms with Gasteiger partial charge in [0.15, 0.2) is 5.78 Å². The van der Waals surface area contributed by atoms with Gasteiger partial charge < -0.3 is 15.6 Å². The van der Waals surface area contributed by atoms with Crippen LogP contribution in [0.25, 0.3) is 10.9 Å². The first-order valence-electron chi connectivity index (χ1n) is 10.7. The van der Waals surface area contributed by atoms with Crippen molar-refractivity contribution in [2.75, 3.05) is 0 Å². The predicted octanol–water partition coefficient (Wildman–Crippen LogP) is 4.04. The highest BCUT2D eigenvalue weighted by Crippen LogP contribution is 2.42. The maximum absolute atomic E-state index is 13.1. The molecule has 7 heteroatoms. The van der Waals surface area contributed by atoms with Crippen molar-refractivity contribution in [2.45, 2.75) is 64.0 Å². The van der Waals surface area contributed by atoms with E-state index < -0.39 is 5.54 Å². The number of aromatic nitrogens is 1. The van der Waals surface area contributed by atoms with Gasteiger partial charge in [-0.05, 0) is 62.3 Å². The van der Waals surface area contributed by atoms with E-state index in [9.17, 15) is 14.4 Å². The van der Waals surface area contributed by atoms with Crippen LogP contribution < -0.4 is 10.6 Å². The van der Waals surface area contributed by atoms with Gasteiger partial charge in [-0.1, -0.05) is 24.4 Å². The molecule has 2 aromatic rings. The fraction of sp³-hybridized carbons (Fsp3) is 0.522. The Labute approximate surface area is 181 Å². The highest BCUT2D eigenvalue weighted by Gasteiger charge is 2.51. The van der Waals surface area contributed by atoms with Gasteiger partial charge in [-0.2, -0.15) is 0 Å². The molecular weight excluding hydrogens is 402 g/mol. The number of carbonyl (C=O) groups excluding carboxylic acids is 3. The predicted molar refractivity (Wildman–Crippen MR) is 116 cm³/mol. The van der Waals surface area contributed by atoms with Crippen molar-refractivity contribution in [3.8, 4) is 0 Å². The topological polar surface area (TPSA) is 91.1 Å². The van der Waals surface area contributed by atoms with E-state index in [4.69, 9.17) is 11.6 Å². The lowest BCUT2D eigenvalue weighted by atomic mass is 9.65. The molecule has 2 fully saturated rings. The highest BCUT2D eigenvalue weighted by atomic mass is 35.5. The van der Waals surface area contributed by atoms with Crippen molar-refractivity contribution in [1.29, 1.82) is 0 Å². The third-order valence-corrected chi connectivity index (χ3v) is 7.04. The smallest absolute Gasteiger partial charge is 0.223 e. The summed E-state index contributed by atoms with van der Waals surface area (Å²) in [5.41, 5.74) is 1.10. The summed E-state index contributed by atoms with van der Waals surface area (Å²) in [5, 5.41) is 7.75. The van der Waals surface area contributed by atoms with Crippen LogP contribution in [-0.2, 0) is 14.4 Å². The van der Waals surface area contributed by atoms with E-state index in [-0.39, 0.29) is 29.6 Å². The Balaban J connectivity index is 1.56. The highest BCUT2D eigenvalue weighted by molar-refractivity contribution is 6.31. The van der Waals surface area contributed by atoms with Gasteiger partial charge in [0.05, 0.1) is 11.6 Å². The Hall–Kier alpha value is -2.34. The first-order valence-corrected chi connectivity index (χ1v) is 11.0. The van der Waals surface area contributed by atoms with Gasteiger partial charge in [-0.3, -0.25) is 14.4 Å². The second-order valence-electron chi connectivity index (χ2n) is 8.89. The zero-order chi connectivity index (χ0) is 21.5. The molecule has 0 radical (unpaired) electrons. The van der Waals surface area contributed by atoms with Crippen LogP contribution in [0.15, 0.2) is 24.4 Å². The van der Waals surface area contributed by atoms with Crippen molar-refractivity contribution in [3.63, 3.8) is 0 Å². The van der Waals surface area contributed by atoms with Crippen LogP contribution in [0.2, 0.25) is 5.02 Å². The number of ketones is 1. The van der Waals surface area contributed by atoms with Crippen LogP contribution in [0.4, 0.5) is 0 Å². The molecule has 0 spiro atoms. The van der Waals surface area contributed by atoms with Crippen molar-refractivity contribution in [1.82, 2.24) is 15.6 Å². The van der Waals surface area contributed by atoms with Crippen molar-refractivity contribution in [3.05, 3.63) is 35.0 Å². The SMILES string of the molecule is CC(=O)NC1(C(C)=O)CC(C(=O)N[C@@H](c2cc(Cl)cc3[nH]ccc23)C2CCCC2)C1. The van der Waals surface area contributed by atoms with E-state index in [0.29, 0.717) is 23.8 Å². The Morgan fingerprint density at radius 3 is 2.50 bits per heavy atom. The Morgan fingerprint density at radius 2 is 1.87 bits per heavy atom. The average molecular weight is 430 g/mol. The quantitative estimate of drug-likeness (QED) is 0.647. The van der Waals surface area contributed by atoms with Crippen LogP contribution in [0.1, 0.15) is 64.0 Å². The van der Waals surface area contributed by atoms with E-state index in [1.54, 1.807) is 0 Å². The van der Waals surface area contributed by atoms with Crippen molar-refractivity contribution in [2.24, 2.45) is 11.8 Å². The molecule has 1 heterocycles. The third-order valence-electron chi connectivity index (χ3n) is 6.82. The number of hydrogen-bond donors (Lipinski definition) is 3. The number of rotatable bonds is 6. The van der Waals surface area contributed by atoms with Crippen LogP contribution in [0, 0.1) is 11.8 Å². The van der Waals surface area contributed by atoms with Crippen molar-refractivity contribution >= 4 is 40.1 Å². The maximum Gasteiger partial charge on any atom is 0.223 e. The largest absolute Gasteiger partial charge is 0.361 e. The minimum atomic E-state index is -0.902. The fourth-order valence-corrected chi connectivity index (χ4v) is 5.44. The molecular formula is C23H28ClN3O3. The molecule has 160 valence electrons. The number of nitrogens with one attached hydrogen (secondary N) is 3. The Bertz CT molecular complexity index is 987. The normalized spacial score (nSPS) is 25.0. The monoisotopic (exact) mass is 429 g/mol. The molecule has 1 atom stereocenters. The number of amides is 2. The van der Waals surface area contributed by atoms with E-state index in [2.05, 4.69) is 15.6 Å². The van der Waals surface area contributed by atoms with Gasteiger partial charge >= 0.3 is 0 Å². The zero-order valence-corrected chi connectivity index (χ0v) is 18.1. The molecule has 30 heavy (non-hydrogen) atoms. The Kier molecular flexibility index (Phi) is 5.62. The third kappa shape index (κ3) is 3.85. The van der Waals surface area contributed by atoms with Crippen LogP contribution in [0.5, 0.6) is 0 Å². The lowest BCUT2D eigenvalue weighted by molar-refractivity contribution is -0.142. The van der Waals surface area contributed by atoms with Crippen LogP contribution in [-0.4, -0.2) is 28.1 Å². The van der Waals surface area contributed by atoms with E-state index in [1.807, 2.05) is 24.4 Å². The number of Topliss-reactive ketones (excluding diaryl/α,β-unsaturated/α-hetero) is 1. The number of fused-ring (bicyclic) bond motifs is 1. The van der Waals surface area contributed by atoms with Gasteiger partial charge in [0, 0.05) is 35.0 Å². The standard InChI is InChI=1S/C23H28ClN3O3/c1-13(28)23(27-14(2)29)11-16(12-23)22(30)26-21(15-5-3-4-6-15)19-9-17(24)10-20-18(19)7-8-25-20/h7-10,15-16,21,25H,3-6,11-12H2,1-2H3,(H,26,30)(H,27,29)/t16?,21-,23?/m1/s1. The zero-order valence-electron chi connectivity index (χ0n) is 17.4. The second kappa shape index (κ2) is 8.06. The summed E-state index contributed by atoms with van der Waals surface area (Å²) in [6.45, 7) is 2.87. The number of halogens is 1. The molecule has 1 aromatic carbocycles. The first-order chi connectivity index (χ1) is 14.3. The number of carbonyl (C=O) groups is 3. The molecule has 0 aliphatic heterocycles. The molecule has 2 aliphatic rings. The number of H-pyrrole nitrogens is 1. The van der Waals surface area contributed by atoms with Crippen LogP contribution >= 0.6 is 11.6 Å². The summed E-state index contributed by atoms with van der Waals surface area (Å²) in [7, 11) is 0. The minimum absolute atomic E-state index is 0.0576.